The Morgan fingerprint density at radius 2 is 1.74 bits per heavy atom. The number of para-hydroxylation sites is 1. The van der Waals surface area contributed by atoms with Crippen molar-refractivity contribution in [3.63, 3.8) is 0 Å². The summed E-state index contributed by atoms with van der Waals surface area (Å²) in [5.74, 6) is 2.07. The fourth-order valence-corrected chi connectivity index (χ4v) is 5.56. The van der Waals surface area contributed by atoms with E-state index in [1.165, 1.54) is 18.4 Å². The van der Waals surface area contributed by atoms with Crippen molar-refractivity contribution in [3.05, 3.63) is 62.5 Å². The van der Waals surface area contributed by atoms with Crippen molar-refractivity contribution in [2.75, 3.05) is 19.7 Å². The molecule has 1 N–H and O–H groups in total. The lowest BCUT2D eigenvalue weighted by molar-refractivity contribution is -0.0334. The maximum atomic E-state index is 6.41. The number of rotatable bonds is 4. The van der Waals surface area contributed by atoms with Crippen molar-refractivity contribution in [2.24, 2.45) is 5.92 Å². The van der Waals surface area contributed by atoms with Crippen LogP contribution in [0.2, 0.25) is 0 Å². The molecule has 1 fully saturated rings. The van der Waals surface area contributed by atoms with Crippen molar-refractivity contribution in [1.29, 1.82) is 0 Å². The predicted octanol–water partition coefficient (Wildman–Crippen LogP) is 5.69. The highest BCUT2D eigenvalue weighted by Gasteiger charge is 2.37. The van der Waals surface area contributed by atoms with E-state index in [0.29, 0.717) is 25.0 Å². The fraction of sp³-hybridized carbons (Fsp3) is 0.429. The third-order valence-corrected chi connectivity index (χ3v) is 6.28. The second-order valence-corrected chi connectivity index (χ2v) is 8.92. The van der Waals surface area contributed by atoms with Gasteiger partial charge in [0.15, 0.2) is 0 Å². The lowest BCUT2D eigenvalue weighted by Crippen LogP contribution is -2.41. The van der Waals surface area contributed by atoms with Crippen LogP contribution in [0, 0.1) is 5.92 Å². The summed E-state index contributed by atoms with van der Waals surface area (Å²) in [6, 6.07) is 14.7. The molecule has 0 unspecified atom stereocenters. The number of benzene rings is 2. The maximum Gasteiger partial charge on any atom is 0.123 e. The van der Waals surface area contributed by atoms with Gasteiger partial charge in [0.05, 0.1) is 12.7 Å². The lowest BCUT2D eigenvalue weighted by Gasteiger charge is -2.40. The van der Waals surface area contributed by atoms with Crippen LogP contribution in [0.15, 0.2) is 51.4 Å². The molecule has 2 atom stereocenters. The Balaban J connectivity index is 0.00000210. The van der Waals surface area contributed by atoms with Crippen LogP contribution in [0.5, 0.6) is 5.75 Å². The van der Waals surface area contributed by atoms with Gasteiger partial charge in [0.25, 0.3) is 0 Å². The Kier molecular flexibility index (Phi) is 7.63. The van der Waals surface area contributed by atoms with E-state index in [1.54, 1.807) is 0 Å². The summed E-state index contributed by atoms with van der Waals surface area (Å²) in [7, 11) is 0. The van der Waals surface area contributed by atoms with Crippen LogP contribution in [0.25, 0.3) is 0 Å². The Morgan fingerprint density at radius 3 is 2.48 bits per heavy atom. The molecule has 4 rings (SSSR count). The van der Waals surface area contributed by atoms with Crippen LogP contribution in [-0.4, -0.2) is 25.8 Å². The normalized spacial score (nSPS) is 22.4. The number of ether oxygens (including phenoxy) is 2. The zero-order valence-electron chi connectivity index (χ0n) is 15.0. The van der Waals surface area contributed by atoms with Crippen LogP contribution in [-0.2, 0) is 11.3 Å². The highest BCUT2D eigenvalue weighted by molar-refractivity contribution is 9.11. The second-order valence-electron chi connectivity index (χ2n) is 7.09. The minimum Gasteiger partial charge on any atom is -0.491 e. The van der Waals surface area contributed by atoms with Gasteiger partial charge in [0.2, 0.25) is 0 Å². The first-order valence-corrected chi connectivity index (χ1v) is 10.8. The van der Waals surface area contributed by atoms with Gasteiger partial charge in [-0.2, -0.15) is 0 Å². The fourth-order valence-electron chi connectivity index (χ4n) is 4.17. The zero-order chi connectivity index (χ0) is 17.9. The van der Waals surface area contributed by atoms with Gasteiger partial charge in [0.1, 0.15) is 12.4 Å². The number of hydrogen-bond donors (Lipinski definition) is 1. The molecule has 0 aromatic heterocycles. The molecule has 2 aliphatic heterocycles. The summed E-state index contributed by atoms with van der Waals surface area (Å²) in [5, 5.41) is 3.48. The summed E-state index contributed by atoms with van der Waals surface area (Å²) in [6.45, 7) is 3.40. The lowest BCUT2D eigenvalue weighted by atomic mass is 9.76. The molecule has 0 spiro atoms. The molecule has 2 aliphatic rings. The monoisotopic (exact) mass is 515 g/mol. The Labute approximate surface area is 183 Å². The van der Waals surface area contributed by atoms with Crippen LogP contribution < -0.4 is 10.1 Å². The maximum absolute atomic E-state index is 6.41. The van der Waals surface area contributed by atoms with E-state index in [2.05, 4.69) is 73.6 Å². The summed E-state index contributed by atoms with van der Waals surface area (Å²) < 4.78 is 14.6. The number of hydrogen-bond acceptors (Lipinski definition) is 3. The van der Waals surface area contributed by atoms with E-state index in [9.17, 15) is 0 Å². The Morgan fingerprint density at radius 1 is 1.04 bits per heavy atom. The number of nitrogens with one attached hydrogen (secondary N) is 1. The van der Waals surface area contributed by atoms with Gasteiger partial charge in [-0.1, -0.05) is 50.1 Å². The molecule has 27 heavy (non-hydrogen) atoms. The first-order chi connectivity index (χ1) is 12.7. The molecule has 0 aliphatic carbocycles. The summed E-state index contributed by atoms with van der Waals surface area (Å²) in [6.07, 6.45) is 2.48. The largest absolute Gasteiger partial charge is 0.491 e. The smallest absolute Gasteiger partial charge is 0.123 e. The molecule has 2 heterocycles. The average molecular weight is 518 g/mol. The van der Waals surface area contributed by atoms with E-state index >= 15 is 0 Å². The first kappa shape index (κ1) is 21.1. The minimum atomic E-state index is 0. The SMILES string of the molecule is Brc1cc(Br)cc(CO[C@H]2COc3ccccc3[C@@H]2C2CCNCC2)c1.Cl. The second kappa shape index (κ2) is 9.75. The molecule has 0 bridgehead atoms. The summed E-state index contributed by atoms with van der Waals surface area (Å²) in [4.78, 5) is 0. The molecule has 1 saturated heterocycles. The van der Waals surface area contributed by atoms with Gasteiger partial charge in [-0.3, -0.25) is 0 Å². The molecule has 146 valence electrons. The van der Waals surface area contributed by atoms with Gasteiger partial charge in [0, 0.05) is 20.4 Å². The minimum absolute atomic E-state index is 0. The molecule has 6 heteroatoms. The van der Waals surface area contributed by atoms with Gasteiger partial charge in [-0.15, -0.1) is 12.4 Å². The van der Waals surface area contributed by atoms with Crippen molar-refractivity contribution in [1.82, 2.24) is 5.32 Å². The molecule has 0 saturated carbocycles. The topological polar surface area (TPSA) is 30.5 Å². The van der Waals surface area contributed by atoms with E-state index in [4.69, 9.17) is 9.47 Å². The average Bonchev–Trinajstić information content (AvgIpc) is 2.66. The van der Waals surface area contributed by atoms with Crippen molar-refractivity contribution >= 4 is 44.3 Å². The zero-order valence-corrected chi connectivity index (χ0v) is 19.0. The van der Waals surface area contributed by atoms with E-state index < -0.39 is 0 Å². The highest BCUT2D eigenvalue weighted by Crippen LogP contribution is 2.42. The molecular weight excluding hydrogens is 493 g/mol. The van der Waals surface area contributed by atoms with Gasteiger partial charge < -0.3 is 14.8 Å². The number of piperidine rings is 1. The Bertz CT molecular complexity index is 747. The first-order valence-electron chi connectivity index (χ1n) is 9.20. The van der Waals surface area contributed by atoms with Crippen LogP contribution in [0.3, 0.4) is 0 Å². The standard InChI is InChI=1S/C21H23Br2NO2.ClH/c22-16-9-14(10-17(23)11-16)12-25-20-13-26-19-4-2-1-3-18(19)21(20)15-5-7-24-8-6-15;/h1-4,9-11,15,20-21,24H,5-8,12-13H2;1H/t20-,21-;/m0./s1. The predicted molar refractivity (Wildman–Crippen MR) is 118 cm³/mol. The van der Waals surface area contributed by atoms with E-state index in [0.717, 1.165) is 33.3 Å². The number of halogens is 3. The van der Waals surface area contributed by atoms with Crippen molar-refractivity contribution in [3.8, 4) is 5.75 Å². The molecule has 3 nitrogen and oxygen atoms in total. The highest BCUT2D eigenvalue weighted by atomic mass is 79.9. The summed E-state index contributed by atoms with van der Waals surface area (Å²) >= 11 is 7.12. The molecule has 0 amide bonds. The van der Waals surface area contributed by atoms with Gasteiger partial charge in [-0.05, 0) is 61.7 Å². The number of fused-ring (bicyclic) bond motifs is 1. The third kappa shape index (κ3) is 5.07. The third-order valence-electron chi connectivity index (χ3n) is 5.36. The van der Waals surface area contributed by atoms with Gasteiger partial charge in [-0.25, -0.2) is 0 Å². The summed E-state index contributed by atoms with van der Waals surface area (Å²) in [5.41, 5.74) is 2.47. The molecule has 2 aromatic carbocycles. The molecular formula is C21H24Br2ClNO2. The Hall–Kier alpha value is -0.590. The van der Waals surface area contributed by atoms with Crippen LogP contribution in [0.1, 0.15) is 29.9 Å². The molecule has 2 aromatic rings. The van der Waals surface area contributed by atoms with Crippen LogP contribution >= 0.6 is 44.3 Å². The van der Waals surface area contributed by atoms with Gasteiger partial charge >= 0.3 is 0 Å². The van der Waals surface area contributed by atoms with Crippen molar-refractivity contribution in [2.45, 2.75) is 31.5 Å². The quantitative estimate of drug-likeness (QED) is 0.565. The molecule has 0 radical (unpaired) electrons. The van der Waals surface area contributed by atoms with Crippen molar-refractivity contribution < 1.29 is 9.47 Å². The van der Waals surface area contributed by atoms with E-state index in [1.807, 2.05) is 6.07 Å². The van der Waals surface area contributed by atoms with Crippen LogP contribution in [0.4, 0.5) is 0 Å². The van der Waals surface area contributed by atoms with E-state index in [-0.39, 0.29) is 18.5 Å².